The number of amides is 2. The van der Waals surface area contributed by atoms with Crippen molar-refractivity contribution < 1.29 is 23.9 Å². The van der Waals surface area contributed by atoms with Crippen LogP contribution in [0.2, 0.25) is 0 Å². The van der Waals surface area contributed by atoms with Crippen LogP contribution in [0.5, 0.6) is 5.75 Å². The number of unbranched alkanes of at least 4 members (excludes halogenated alkanes) is 1. The third-order valence-corrected chi connectivity index (χ3v) is 4.85. The van der Waals surface area contributed by atoms with E-state index in [0.29, 0.717) is 42.8 Å². The largest absolute Gasteiger partial charge is 0.494 e. The molecule has 0 unspecified atom stereocenters. The Hall–Kier alpha value is -2.57. The van der Waals surface area contributed by atoms with Crippen molar-refractivity contribution in [2.24, 2.45) is 11.8 Å². The topological polar surface area (TPSA) is 84.9 Å². The Balaban J connectivity index is 1.70. The normalized spacial score (nSPS) is 18.8. The molecule has 0 saturated carbocycles. The SMILES string of the molecule is CCCCOc1ccc(C(=O)NCC(=O)OCC(=O)N2C[C@H](C)C[C@@H](C)C2)cc1. The van der Waals surface area contributed by atoms with E-state index >= 15 is 0 Å². The van der Waals surface area contributed by atoms with Crippen LogP contribution in [-0.4, -0.2) is 55.5 Å². The third-order valence-electron chi connectivity index (χ3n) is 4.85. The van der Waals surface area contributed by atoms with Crippen molar-refractivity contribution in [1.29, 1.82) is 0 Å². The standard InChI is InChI=1S/C22H32N2O5/c1-4-5-10-28-19-8-6-18(7-9-19)22(27)23-12-21(26)29-15-20(25)24-13-16(2)11-17(3)14-24/h6-9,16-17H,4-5,10-15H2,1-3H3,(H,23,27)/t16-,17-/m1/s1. The summed E-state index contributed by atoms with van der Waals surface area (Å²) in [7, 11) is 0. The van der Waals surface area contributed by atoms with Crippen LogP contribution in [-0.2, 0) is 14.3 Å². The summed E-state index contributed by atoms with van der Waals surface area (Å²) in [4.78, 5) is 38.0. The van der Waals surface area contributed by atoms with Gasteiger partial charge in [0.25, 0.3) is 11.8 Å². The summed E-state index contributed by atoms with van der Waals surface area (Å²) in [6.07, 6.45) is 3.13. The number of ether oxygens (including phenoxy) is 2. The number of nitrogens with one attached hydrogen (secondary N) is 1. The maximum absolute atomic E-state index is 12.2. The molecule has 1 aromatic rings. The molecule has 2 atom stereocenters. The summed E-state index contributed by atoms with van der Waals surface area (Å²) in [6, 6.07) is 6.73. The first-order valence-corrected chi connectivity index (χ1v) is 10.3. The zero-order chi connectivity index (χ0) is 21.2. The Bertz CT molecular complexity index is 679. The first-order chi connectivity index (χ1) is 13.9. The zero-order valence-corrected chi connectivity index (χ0v) is 17.6. The quantitative estimate of drug-likeness (QED) is 0.505. The Kier molecular flexibility index (Phi) is 8.96. The highest BCUT2D eigenvalue weighted by atomic mass is 16.5. The molecule has 0 spiro atoms. The Morgan fingerprint density at radius 1 is 1.10 bits per heavy atom. The van der Waals surface area contributed by atoms with Gasteiger partial charge >= 0.3 is 5.97 Å². The van der Waals surface area contributed by atoms with E-state index in [1.54, 1.807) is 29.2 Å². The minimum absolute atomic E-state index is 0.193. The molecule has 160 valence electrons. The van der Waals surface area contributed by atoms with Gasteiger partial charge in [0.2, 0.25) is 0 Å². The highest BCUT2D eigenvalue weighted by molar-refractivity contribution is 5.96. The van der Waals surface area contributed by atoms with E-state index in [1.807, 2.05) is 0 Å². The van der Waals surface area contributed by atoms with E-state index in [0.717, 1.165) is 19.3 Å². The molecule has 2 amide bonds. The summed E-state index contributed by atoms with van der Waals surface area (Å²) in [5, 5.41) is 2.51. The summed E-state index contributed by atoms with van der Waals surface area (Å²) >= 11 is 0. The highest BCUT2D eigenvalue weighted by Gasteiger charge is 2.25. The molecule has 1 aliphatic heterocycles. The van der Waals surface area contributed by atoms with Crippen molar-refractivity contribution in [3.05, 3.63) is 29.8 Å². The van der Waals surface area contributed by atoms with Crippen molar-refractivity contribution in [1.82, 2.24) is 10.2 Å². The van der Waals surface area contributed by atoms with Gasteiger partial charge in [0.05, 0.1) is 6.61 Å². The molecule has 7 nitrogen and oxygen atoms in total. The predicted molar refractivity (Wildman–Crippen MR) is 110 cm³/mol. The van der Waals surface area contributed by atoms with Crippen LogP contribution in [0.3, 0.4) is 0 Å². The molecule has 1 saturated heterocycles. The lowest BCUT2D eigenvalue weighted by Gasteiger charge is -2.34. The number of hydrogen-bond acceptors (Lipinski definition) is 5. The Labute approximate surface area is 172 Å². The smallest absolute Gasteiger partial charge is 0.325 e. The van der Waals surface area contributed by atoms with Crippen LogP contribution >= 0.6 is 0 Å². The maximum Gasteiger partial charge on any atom is 0.325 e. The summed E-state index contributed by atoms with van der Waals surface area (Å²) in [6.45, 7) is 7.76. The number of benzene rings is 1. The summed E-state index contributed by atoms with van der Waals surface area (Å²) in [5.74, 6) is 0.384. The lowest BCUT2D eigenvalue weighted by atomic mass is 9.92. The molecule has 0 aromatic heterocycles. The van der Waals surface area contributed by atoms with Gasteiger partial charge in [-0.1, -0.05) is 27.2 Å². The second-order valence-corrected chi connectivity index (χ2v) is 7.81. The van der Waals surface area contributed by atoms with Crippen LogP contribution in [0.4, 0.5) is 0 Å². The number of carbonyl (C=O) groups is 3. The second-order valence-electron chi connectivity index (χ2n) is 7.81. The molecule has 0 bridgehead atoms. The highest BCUT2D eigenvalue weighted by Crippen LogP contribution is 2.20. The van der Waals surface area contributed by atoms with Crippen LogP contribution in [0, 0.1) is 11.8 Å². The molecule has 1 heterocycles. The monoisotopic (exact) mass is 404 g/mol. The Morgan fingerprint density at radius 2 is 1.76 bits per heavy atom. The number of carbonyl (C=O) groups excluding carboxylic acids is 3. The number of rotatable bonds is 9. The zero-order valence-electron chi connectivity index (χ0n) is 17.6. The van der Waals surface area contributed by atoms with Gasteiger partial charge in [-0.2, -0.15) is 0 Å². The van der Waals surface area contributed by atoms with Gasteiger partial charge in [-0.15, -0.1) is 0 Å². The summed E-state index contributed by atoms with van der Waals surface area (Å²) < 4.78 is 10.6. The van der Waals surface area contributed by atoms with Crippen molar-refractivity contribution >= 4 is 17.8 Å². The lowest BCUT2D eigenvalue weighted by molar-refractivity contribution is -0.152. The number of nitrogens with zero attached hydrogens (tertiary/aromatic N) is 1. The van der Waals surface area contributed by atoms with E-state index in [-0.39, 0.29) is 25.0 Å². The molecular formula is C22H32N2O5. The molecule has 0 aliphatic carbocycles. The van der Waals surface area contributed by atoms with Crippen LogP contribution < -0.4 is 10.1 Å². The van der Waals surface area contributed by atoms with Crippen molar-refractivity contribution in [2.75, 3.05) is 32.8 Å². The number of esters is 1. The van der Waals surface area contributed by atoms with Crippen molar-refractivity contribution in [3.63, 3.8) is 0 Å². The number of hydrogen-bond donors (Lipinski definition) is 1. The van der Waals surface area contributed by atoms with Gasteiger partial charge in [0.1, 0.15) is 12.3 Å². The van der Waals surface area contributed by atoms with E-state index in [1.165, 1.54) is 0 Å². The van der Waals surface area contributed by atoms with E-state index < -0.39 is 5.97 Å². The fourth-order valence-electron chi connectivity index (χ4n) is 3.44. The van der Waals surface area contributed by atoms with Gasteiger partial charge in [0.15, 0.2) is 6.61 Å². The molecule has 1 aromatic carbocycles. The lowest BCUT2D eigenvalue weighted by Crippen LogP contribution is -2.44. The number of piperidine rings is 1. The Morgan fingerprint density at radius 3 is 2.38 bits per heavy atom. The predicted octanol–water partition coefficient (Wildman–Crippen LogP) is 2.64. The summed E-state index contributed by atoms with van der Waals surface area (Å²) in [5.41, 5.74) is 0.424. The van der Waals surface area contributed by atoms with Crippen molar-refractivity contribution in [2.45, 2.75) is 40.0 Å². The van der Waals surface area contributed by atoms with Gasteiger partial charge in [-0.3, -0.25) is 14.4 Å². The molecule has 1 fully saturated rings. The van der Waals surface area contributed by atoms with Gasteiger partial charge in [-0.25, -0.2) is 0 Å². The first-order valence-electron chi connectivity index (χ1n) is 10.3. The van der Waals surface area contributed by atoms with Crippen LogP contribution in [0.1, 0.15) is 50.4 Å². The van der Waals surface area contributed by atoms with E-state index in [9.17, 15) is 14.4 Å². The molecule has 7 heteroatoms. The van der Waals surface area contributed by atoms with Gasteiger partial charge in [-0.05, 0) is 48.9 Å². The average Bonchev–Trinajstić information content (AvgIpc) is 2.70. The fourth-order valence-corrected chi connectivity index (χ4v) is 3.44. The van der Waals surface area contributed by atoms with Crippen molar-refractivity contribution in [3.8, 4) is 5.75 Å². The molecule has 1 N–H and O–H groups in total. The molecule has 29 heavy (non-hydrogen) atoms. The minimum Gasteiger partial charge on any atom is -0.494 e. The second kappa shape index (κ2) is 11.4. The molecule has 0 radical (unpaired) electrons. The maximum atomic E-state index is 12.2. The van der Waals surface area contributed by atoms with Gasteiger partial charge < -0.3 is 19.7 Å². The van der Waals surface area contributed by atoms with Crippen LogP contribution in [0.25, 0.3) is 0 Å². The van der Waals surface area contributed by atoms with E-state index in [4.69, 9.17) is 9.47 Å². The number of likely N-dealkylation sites (tertiary alicyclic amines) is 1. The average molecular weight is 405 g/mol. The molecule has 1 aliphatic rings. The molecule has 2 rings (SSSR count). The third kappa shape index (κ3) is 7.75. The van der Waals surface area contributed by atoms with Gasteiger partial charge in [0, 0.05) is 18.7 Å². The first kappa shape index (κ1) is 22.7. The fraction of sp³-hybridized carbons (Fsp3) is 0.591. The van der Waals surface area contributed by atoms with E-state index in [2.05, 4.69) is 26.1 Å². The van der Waals surface area contributed by atoms with Crippen LogP contribution in [0.15, 0.2) is 24.3 Å². The molecular weight excluding hydrogens is 372 g/mol. The minimum atomic E-state index is -0.635.